The second kappa shape index (κ2) is 2.37. The van der Waals surface area contributed by atoms with Crippen molar-refractivity contribution >= 4 is 5.95 Å². The Kier molecular flexibility index (Phi) is 1.36. The molecule has 2 heterocycles. The summed E-state index contributed by atoms with van der Waals surface area (Å²) in [5.74, 6) is 1.52. The normalized spacial score (nSPS) is 10.4. The van der Waals surface area contributed by atoms with Crippen LogP contribution in [0.15, 0.2) is 22.8 Å². The smallest absolute Gasteiger partial charge is 0.218 e. The van der Waals surface area contributed by atoms with Crippen molar-refractivity contribution in [1.82, 2.24) is 14.8 Å². The molecular weight excluding hydrogens is 156 g/mol. The van der Waals surface area contributed by atoms with Gasteiger partial charge in [0, 0.05) is 7.05 Å². The quantitative estimate of drug-likeness (QED) is 0.672. The second-order valence-electron chi connectivity index (χ2n) is 2.39. The molecule has 2 rings (SSSR count). The lowest BCUT2D eigenvalue weighted by atomic mass is 10.4. The highest BCUT2D eigenvalue weighted by molar-refractivity contribution is 5.47. The SMILES string of the molecule is Cn1nc(-c2ccco2)nc1N. The molecule has 0 aliphatic heterocycles. The Morgan fingerprint density at radius 1 is 1.58 bits per heavy atom. The molecule has 0 unspecified atom stereocenters. The highest BCUT2D eigenvalue weighted by Crippen LogP contribution is 2.15. The van der Waals surface area contributed by atoms with Crippen molar-refractivity contribution in [1.29, 1.82) is 0 Å². The van der Waals surface area contributed by atoms with Crippen molar-refractivity contribution in [3.8, 4) is 11.6 Å². The number of hydrogen-bond donors (Lipinski definition) is 1. The van der Waals surface area contributed by atoms with E-state index in [9.17, 15) is 0 Å². The predicted molar refractivity (Wildman–Crippen MR) is 43.1 cm³/mol. The minimum absolute atomic E-state index is 0.376. The Balaban J connectivity index is 2.48. The van der Waals surface area contributed by atoms with Crippen molar-refractivity contribution in [2.45, 2.75) is 0 Å². The summed E-state index contributed by atoms with van der Waals surface area (Å²) >= 11 is 0. The average Bonchev–Trinajstić information content (AvgIpc) is 2.61. The van der Waals surface area contributed by atoms with Gasteiger partial charge in [-0.15, -0.1) is 5.10 Å². The van der Waals surface area contributed by atoms with Crippen LogP contribution in [0.25, 0.3) is 11.6 Å². The van der Waals surface area contributed by atoms with Gasteiger partial charge in [-0.1, -0.05) is 0 Å². The molecule has 0 aliphatic rings. The van der Waals surface area contributed by atoms with E-state index >= 15 is 0 Å². The number of anilines is 1. The van der Waals surface area contributed by atoms with E-state index in [2.05, 4.69) is 10.1 Å². The molecule has 5 heteroatoms. The highest BCUT2D eigenvalue weighted by Gasteiger charge is 2.07. The van der Waals surface area contributed by atoms with Crippen LogP contribution in [0.4, 0.5) is 5.95 Å². The summed E-state index contributed by atoms with van der Waals surface area (Å²) < 4.78 is 6.59. The molecule has 0 bridgehead atoms. The molecule has 2 aromatic heterocycles. The van der Waals surface area contributed by atoms with Gasteiger partial charge >= 0.3 is 0 Å². The maximum Gasteiger partial charge on any atom is 0.218 e. The molecule has 2 N–H and O–H groups in total. The van der Waals surface area contributed by atoms with Crippen LogP contribution in [-0.4, -0.2) is 14.8 Å². The monoisotopic (exact) mass is 164 g/mol. The molecule has 2 aromatic rings. The van der Waals surface area contributed by atoms with Crippen molar-refractivity contribution in [3.63, 3.8) is 0 Å². The third kappa shape index (κ3) is 0.952. The van der Waals surface area contributed by atoms with Gasteiger partial charge in [0.2, 0.25) is 11.8 Å². The second-order valence-corrected chi connectivity index (χ2v) is 2.39. The first-order valence-electron chi connectivity index (χ1n) is 3.48. The molecule has 0 fully saturated rings. The molecule has 0 amide bonds. The van der Waals surface area contributed by atoms with Gasteiger partial charge in [-0.25, -0.2) is 4.68 Å². The third-order valence-corrected chi connectivity index (χ3v) is 1.54. The lowest BCUT2D eigenvalue weighted by Gasteiger charge is -1.85. The first-order valence-corrected chi connectivity index (χ1v) is 3.48. The number of nitrogen functional groups attached to an aromatic ring is 1. The summed E-state index contributed by atoms with van der Waals surface area (Å²) in [6.45, 7) is 0. The Morgan fingerprint density at radius 2 is 2.42 bits per heavy atom. The Labute approximate surface area is 68.8 Å². The minimum atomic E-state index is 0.376. The standard InChI is InChI=1S/C7H8N4O/c1-11-7(8)9-6(10-11)5-3-2-4-12-5/h2-4H,1H3,(H2,8,9,10). The van der Waals surface area contributed by atoms with E-state index in [4.69, 9.17) is 10.2 Å². The van der Waals surface area contributed by atoms with E-state index in [1.54, 1.807) is 25.4 Å². The van der Waals surface area contributed by atoms with Crippen LogP contribution in [0.5, 0.6) is 0 Å². The van der Waals surface area contributed by atoms with Crippen molar-refractivity contribution in [2.24, 2.45) is 7.05 Å². The lowest BCUT2D eigenvalue weighted by molar-refractivity contribution is 0.576. The Morgan fingerprint density at radius 3 is 2.92 bits per heavy atom. The zero-order valence-corrected chi connectivity index (χ0v) is 6.56. The van der Waals surface area contributed by atoms with E-state index in [1.807, 2.05) is 0 Å². The summed E-state index contributed by atoms with van der Waals surface area (Å²) in [6.07, 6.45) is 1.57. The lowest BCUT2D eigenvalue weighted by Crippen LogP contribution is -1.97. The topological polar surface area (TPSA) is 69.9 Å². The van der Waals surface area contributed by atoms with Crippen LogP contribution in [0.1, 0.15) is 0 Å². The van der Waals surface area contributed by atoms with Gasteiger partial charge in [-0.3, -0.25) is 0 Å². The molecule has 62 valence electrons. The van der Waals surface area contributed by atoms with E-state index in [1.165, 1.54) is 4.68 Å². The van der Waals surface area contributed by atoms with Crippen LogP contribution in [0.2, 0.25) is 0 Å². The van der Waals surface area contributed by atoms with Crippen LogP contribution in [0, 0.1) is 0 Å². The number of aromatic nitrogens is 3. The largest absolute Gasteiger partial charge is 0.461 e. The molecule has 0 radical (unpaired) electrons. The maximum atomic E-state index is 5.49. The van der Waals surface area contributed by atoms with Gasteiger partial charge in [0.1, 0.15) is 0 Å². The van der Waals surface area contributed by atoms with Gasteiger partial charge in [-0.2, -0.15) is 4.98 Å². The molecule has 0 saturated heterocycles. The van der Waals surface area contributed by atoms with Crippen LogP contribution in [-0.2, 0) is 7.05 Å². The summed E-state index contributed by atoms with van der Waals surface area (Å²) in [7, 11) is 1.73. The van der Waals surface area contributed by atoms with Gasteiger partial charge in [-0.05, 0) is 12.1 Å². The van der Waals surface area contributed by atoms with E-state index in [0.29, 0.717) is 17.5 Å². The van der Waals surface area contributed by atoms with E-state index in [0.717, 1.165) is 0 Å². The number of hydrogen-bond acceptors (Lipinski definition) is 4. The molecule has 0 spiro atoms. The fourth-order valence-corrected chi connectivity index (χ4v) is 0.907. The average molecular weight is 164 g/mol. The summed E-state index contributed by atoms with van der Waals surface area (Å²) in [5.41, 5.74) is 5.49. The van der Waals surface area contributed by atoms with Crippen LogP contribution in [0.3, 0.4) is 0 Å². The van der Waals surface area contributed by atoms with Gasteiger partial charge in [0.05, 0.1) is 6.26 Å². The molecule has 12 heavy (non-hydrogen) atoms. The molecule has 5 nitrogen and oxygen atoms in total. The first-order chi connectivity index (χ1) is 5.77. The van der Waals surface area contributed by atoms with Gasteiger partial charge in [0.15, 0.2) is 5.76 Å². The number of aryl methyl sites for hydroxylation is 1. The fourth-order valence-electron chi connectivity index (χ4n) is 0.907. The predicted octanol–water partition coefficient (Wildman–Crippen LogP) is 0.657. The molecular formula is C7H8N4O. The number of rotatable bonds is 1. The number of nitrogens with zero attached hydrogens (tertiary/aromatic N) is 3. The third-order valence-electron chi connectivity index (χ3n) is 1.54. The Bertz CT molecular complexity index is 357. The van der Waals surface area contributed by atoms with Crippen LogP contribution >= 0.6 is 0 Å². The molecule has 0 saturated carbocycles. The molecule has 0 aliphatic carbocycles. The zero-order chi connectivity index (χ0) is 8.55. The molecule has 0 atom stereocenters. The number of nitrogens with two attached hydrogens (primary N) is 1. The fraction of sp³-hybridized carbons (Fsp3) is 0.143. The molecule has 0 aromatic carbocycles. The minimum Gasteiger partial charge on any atom is -0.461 e. The van der Waals surface area contributed by atoms with Gasteiger partial charge in [0.25, 0.3) is 0 Å². The van der Waals surface area contributed by atoms with Crippen molar-refractivity contribution in [3.05, 3.63) is 18.4 Å². The Hall–Kier alpha value is -1.78. The van der Waals surface area contributed by atoms with Crippen molar-refractivity contribution in [2.75, 3.05) is 5.73 Å². The summed E-state index contributed by atoms with van der Waals surface area (Å²) in [6, 6.07) is 3.57. The number of furan rings is 1. The van der Waals surface area contributed by atoms with Crippen LogP contribution < -0.4 is 5.73 Å². The van der Waals surface area contributed by atoms with Gasteiger partial charge < -0.3 is 10.2 Å². The van der Waals surface area contributed by atoms with E-state index in [-0.39, 0.29) is 0 Å². The first kappa shape index (κ1) is 6.90. The summed E-state index contributed by atoms with van der Waals surface area (Å²) in [4.78, 5) is 3.99. The van der Waals surface area contributed by atoms with E-state index < -0.39 is 0 Å². The zero-order valence-electron chi connectivity index (χ0n) is 6.56. The maximum absolute atomic E-state index is 5.49. The van der Waals surface area contributed by atoms with Crippen molar-refractivity contribution < 1.29 is 4.42 Å². The highest BCUT2D eigenvalue weighted by atomic mass is 16.3. The summed E-state index contributed by atoms with van der Waals surface area (Å²) in [5, 5.41) is 4.04.